The topological polar surface area (TPSA) is 66.6 Å². The quantitative estimate of drug-likeness (QED) is 0.635. The third kappa shape index (κ3) is 3.39. The van der Waals surface area contributed by atoms with Crippen LogP contribution in [0.15, 0.2) is 18.2 Å². The van der Waals surface area contributed by atoms with Crippen molar-refractivity contribution >= 4 is 11.6 Å². The van der Waals surface area contributed by atoms with Gasteiger partial charge < -0.3 is 15.7 Å². The second-order valence-corrected chi connectivity index (χ2v) is 5.06. The predicted octanol–water partition coefficient (Wildman–Crippen LogP) is 2.16. The van der Waals surface area contributed by atoms with Crippen molar-refractivity contribution in [2.75, 3.05) is 5.73 Å². The average molecular weight is 250 g/mol. The van der Waals surface area contributed by atoms with Crippen LogP contribution in [0.3, 0.4) is 0 Å². The molecule has 0 aliphatic heterocycles. The zero-order valence-corrected chi connectivity index (χ0v) is 11.5. The van der Waals surface area contributed by atoms with Gasteiger partial charge in [0, 0.05) is 12.1 Å². The maximum absolute atomic E-state index is 12.2. The normalized spacial score (nSPS) is 11.0. The number of carbonyl (C=O) groups excluding carboxylic acids is 1. The summed E-state index contributed by atoms with van der Waals surface area (Å²) in [6.07, 6.45) is 0.282. The minimum atomic E-state index is 0.0287. The van der Waals surface area contributed by atoms with Gasteiger partial charge in [0.2, 0.25) is 5.91 Å². The highest BCUT2D eigenvalue weighted by Gasteiger charge is 2.20. The van der Waals surface area contributed by atoms with Crippen LogP contribution in [0, 0.1) is 0 Å². The van der Waals surface area contributed by atoms with Gasteiger partial charge >= 0.3 is 0 Å². The van der Waals surface area contributed by atoms with E-state index >= 15 is 0 Å². The van der Waals surface area contributed by atoms with Gasteiger partial charge in [-0.05, 0) is 45.4 Å². The third-order valence-electron chi connectivity index (χ3n) is 2.85. The van der Waals surface area contributed by atoms with E-state index in [0.717, 1.165) is 5.56 Å². The van der Waals surface area contributed by atoms with Crippen LogP contribution in [0.4, 0.5) is 5.69 Å². The van der Waals surface area contributed by atoms with Gasteiger partial charge in [0.15, 0.2) is 0 Å². The van der Waals surface area contributed by atoms with E-state index in [4.69, 9.17) is 5.73 Å². The number of amides is 1. The van der Waals surface area contributed by atoms with Gasteiger partial charge in [0.25, 0.3) is 0 Å². The fraction of sp³-hybridized carbons (Fsp3) is 0.500. The van der Waals surface area contributed by atoms with Crippen molar-refractivity contribution in [3.8, 4) is 5.75 Å². The van der Waals surface area contributed by atoms with Crippen LogP contribution in [0.1, 0.15) is 33.3 Å². The highest BCUT2D eigenvalue weighted by Crippen LogP contribution is 2.21. The molecule has 0 aromatic heterocycles. The van der Waals surface area contributed by atoms with Crippen molar-refractivity contribution in [2.45, 2.75) is 46.2 Å². The molecule has 0 aliphatic rings. The Balaban J connectivity index is 2.82. The van der Waals surface area contributed by atoms with Gasteiger partial charge in [0.1, 0.15) is 5.75 Å². The first-order valence-corrected chi connectivity index (χ1v) is 6.21. The minimum absolute atomic E-state index is 0.0287. The standard InChI is InChI=1S/C14H22N2O2/c1-9(2)16(10(3)4)14(18)8-11-5-6-12(15)13(17)7-11/h5-7,9-10,17H,8,15H2,1-4H3. The summed E-state index contributed by atoms with van der Waals surface area (Å²) in [4.78, 5) is 14.0. The van der Waals surface area contributed by atoms with E-state index in [0.29, 0.717) is 5.69 Å². The molecule has 0 bridgehead atoms. The lowest BCUT2D eigenvalue weighted by molar-refractivity contribution is -0.134. The van der Waals surface area contributed by atoms with E-state index in [2.05, 4.69) is 0 Å². The van der Waals surface area contributed by atoms with Crippen molar-refractivity contribution in [1.29, 1.82) is 0 Å². The number of phenols is 1. The minimum Gasteiger partial charge on any atom is -0.506 e. The molecule has 4 heteroatoms. The van der Waals surface area contributed by atoms with Crippen LogP contribution in [-0.2, 0) is 11.2 Å². The number of nitrogens with zero attached hydrogens (tertiary/aromatic N) is 1. The number of aromatic hydroxyl groups is 1. The van der Waals surface area contributed by atoms with Gasteiger partial charge in [-0.2, -0.15) is 0 Å². The van der Waals surface area contributed by atoms with Gasteiger partial charge in [-0.15, -0.1) is 0 Å². The van der Waals surface area contributed by atoms with Crippen molar-refractivity contribution in [1.82, 2.24) is 4.90 Å². The van der Waals surface area contributed by atoms with Gasteiger partial charge in [-0.25, -0.2) is 0 Å². The Bertz CT molecular complexity index is 420. The van der Waals surface area contributed by atoms with Crippen LogP contribution in [0.5, 0.6) is 5.75 Å². The second-order valence-electron chi connectivity index (χ2n) is 5.06. The van der Waals surface area contributed by atoms with E-state index in [1.54, 1.807) is 18.2 Å². The monoisotopic (exact) mass is 250 g/mol. The predicted molar refractivity (Wildman–Crippen MR) is 73.3 cm³/mol. The van der Waals surface area contributed by atoms with Crippen molar-refractivity contribution in [3.63, 3.8) is 0 Å². The fourth-order valence-corrected chi connectivity index (χ4v) is 2.14. The zero-order valence-electron chi connectivity index (χ0n) is 11.5. The van der Waals surface area contributed by atoms with Crippen LogP contribution in [0.2, 0.25) is 0 Å². The van der Waals surface area contributed by atoms with E-state index in [9.17, 15) is 9.90 Å². The molecule has 0 aliphatic carbocycles. The molecule has 1 aromatic rings. The number of phenolic OH excluding ortho intramolecular Hbond substituents is 1. The molecule has 1 rings (SSSR count). The lowest BCUT2D eigenvalue weighted by Gasteiger charge is -2.31. The molecule has 0 fully saturated rings. The number of rotatable bonds is 4. The van der Waals surface area contributed by atoms with Crippen molar-refractivity contribution in [3.05, 3.63) is 23.8 Å². The summed E-state index contributed by atoms with van der Waals surface area (Å²) in [7, 11) is 0. The van der Waals surface area contributed by atoms with Crippen LogP contribution >= 0.6 is 0 Å². The number of anilines is 1. The summed E-state index contributed by atoms with van der Waals surface area (Å²) in [5.41, 5.74) is 6.64. The maximum Gasteiger partial charge on any atom is 0.227 e. The van der Waals surface area contributed by atoms with E-state index in [1.807, 2.05) is 32.6 Å². The van der Waals surface area contributed by atoms with Gasteiger partial charge in [-0.3, -0.25) is 4.79 Å². The Hall–Kier alpha value is -1.71. The highest BCUT2D eigenvalue weighted by atomic mass is 16.3. The molecule has 0 heterocycles. The molecular weight excluding hydrogens is 228 g/mol. The molecular formula is C14H22N2O2. The van der Waals surface area contributed by atoms with Gasteiger partial charge in [0.05, 0.1) is 12.1 Å². The van der Waals surface area contributed by atoms with E-state index in [-0.39, 0.29) is 30.2 Å². The molecule has 0 radical (unpaired) electrons. The molecule has 100 valence electrons. The van der Waals surface area contributed by atoms with Crippen molar-refractivity contribution < 1.29 is 9.90 Å². The Morgan fingerprint density at radius 2 is 1.83 bits per heavy atom. The second kappa shape index (κ2) is 5.76. The Morgan fingerprint density at radius 1 is 1.28 bits per heavy atom. The van der Waals surface area contributed by atoms with Crippen LogP contribution in [0.25, 0.3) is 0 Å². The first-order valence-electron chi connectivity index (χ1n) is 6.21. The van der Waals surface area contributed by atoms with E-state index < -0.39 is 0 Å². The third-order valence-corrected chi connectivity index (χ3v) is 2.85. The molecule has 1 amide bonds. The molecule has 0 spiro atoms. The Morgan fingerprint density at radius 3 is 2.28 bits per heavy atom. The molecule has 3 N–H and O–H groups in total. The molecule has 0 saturated carbocycles. The maximum atomic E-state index is 12.2. The Labute approximate surface area is 108 Å². The number of benzene rings is 1. The van der Waals surface area contributed by atoms with Crippen LogP contribution < -0.4 is 5.73 Å². The molecule has 18 heavy (non-hydrogen) atoms. The van der Waals surface area contributed by atoms with Crippen LogP contribution in [-0.4, -0.2) is 28.0 Å². The lowest BCUT2D eigenvalue weighted by atomic mass is 10.1. The first-order chi connectivity index (χ1) is 8.32. The summed E-state index contributed by atoms with van der Waals surface area (Å²) in [5, 5.41) is 9.52. The number of hydrogen-bond donors (Lipinski definition) is 2. The molecule has 1 aromatic carbocycles. The van der Waals surface area contributed by atoms with Crippen molar-refractivity contribution in [2.24, 2.45) is 0 Å². The fourth-order valence-electron chi connectivity index (χ4n) is 2.14. The highest BCUT2D eigenvalue weighted by molar-refractivity contribution is 5.79. The number of nitrogens with two attached hydrogens (primary N) is 1. The number of nitrogen functional groups attached to an aromatic ring is 1. The summed E-state index contributed by atoms with van der Waals surface area (Å²) in [6, 6.07) is 5.27. The molecule has 0 saturated heterocycles. The lowest BCUT2D eigenvalue weighted by Crippen LogP contribution is -2.42. The molecule has 0 atom stereocenters. The number of carbonyl (C=O) groups is 1. The molecule has 0 unspecified atom stereocenters. The Kier molecular flexibility index (Phi) is 4.59. The summed E-state index contributed by atoms with van der Waals surface area (Å²) in [5.74, 6) is 0.0881. The summed E-state index contributed by atoms with van der Waals surface area (Å²) < 4.78 is 0. The zero-order chi connectivity index (χ0) is 13.9. The largest absolute Gasteiger partial charge is 0.506 e. The average Bonchev–Trinajstić information content (AvgIpc) is 2.22. The number of hydrogen-bond acceptors (Lipinski definition) is 3. The summed E-state index contributed by atoms with van der Waals surface area (Å²) >= 11 is 0. The smallest absolute Gasteiger partial charge is 0.227 e. The molecule has 4 nitrogen and oxygen atoms in total. The SMILES string of the molecule is CC(C)N(C(=O)Cc1ccc(N)c(O)c1)C(C)C. The summed E-state index contributed by atoms with van der Waals surface area (Å²) in [6.45, 7) is 7.99. The first kappa shape index (κ1) is 14.4. The van der Waals surface area contributed by atoms with E-state index in [1.165, 1.54) is 0 Å². The van der Waals surface area contributed by atoms with Gasteiger partial charge in [-0.1, -0.05) is 6.07 Å².